The summed E-state index contributed by atoms with van der Waals surface area (Å²) in [5.41, 5.74) is 0. The predicted octanol–water partition coefficient (Wildman–Crippen LogP) is 1.08. The molecule has 2 nitrogen and oxygen atoms in total. The second-order valence-corrected chi connectivity index (χ2v) is 4.22. The van der Waals surface area contributed by atoms with Crippen molar-refractivity contribution in [3.05, 3.63) is 0 Å². The van der Waals surface area contributed by atoms with E-state index in [4.69, 9.17) is 0 Å². The molecule has 1 N–H and O–H groups in total. The normalized spacial score (nSPS) is 35.8. The Morgan fingerprint density at radius 3 is 3.08 bits per heavy atom. The fourth-order valence-electron chi connectivity index (χ4n) is 2.50. The maximum absolute atomic E-state index is 3.58. The van der Waals surface area contributed by atoms with Crippen LogP contribution in [-0.4, -0.2) is 37.1 Å². The van der Waals surface area contributed by atoms with Gasteiger partial charge in [-0.25, -0.2) is 0 Å². The van der Waals surface area contributed by atoms with Crippen LogP contribution in [0.5, 0.6) is 0 Å². The topological polar surface area (TPSA) is 15.3 Å². The second-order valence-electron chi connectivity index (χ2n) is 4.22. The van der Waals surface area contributed by atoms with Crippen LogP contribution >= 0.6 is 0 Å². The SMILES string of the molecule is CCCCN1C[C@@H]2CCN[C@@H]2C1. The molecule has 0 unspecified atom stereocenters. The van der Waals surface area contributed by atoms with E-state index < -0.39 is 0 Å². The van der Waals surface area contributed by atoms with Crippen LogP contribution in [0, 0.1) is 5.92 Å². The Kier molecular flexibility index (Phi) is 2.66. The van der Waals surface area contributed by atoms with E-state index in [2.05, 4.69) is 17.1 Å². The molecule has 0 aliphatic carbocycles. The molecule has 0 aromatic heterocycles. The van der Waals surface area contributed by atoms with Gasteiger partial charge in [-0.15, -0.1) is 0 Å². The van der Waals surface area contributed by atoms with Crippen molar-refractivity contribution in [2.75, 3.05) is 26.2 Å². The van der Waals surface area contributed by atoms with Crippen molar-refractivity contribution in [2.24, 2.45) is 5.92 Å². The van der Waals surface area contributed by atoms with Gasteiger partial charge < -0.3 is 10.2 Å². The Balaban J connectivity index is 1.75. The van der Waals surface area contributed by atoms with Gasteiger partial charge in [0, 0.05) is 19.1 Å². The summed E-state index contributed by atoms with van der Waals surface area (Å²) in [5, 5.41) is 3.58. The zero-order chi connectivity index (χ0) is 8.39. The standard InChI is InChI=1S/C10H20N2/c1-2-3-6-12-7-9-4-5-11-10(9)8-12/h9-11H,2-8H2,1H3/t9-,10+/m0/s1. The Hall–Kier alpha value is -0.0800. The number of fused-ring (bicyclic) bond motifs is 1. The highest BCUT2D eigenvalue weighted by Crippen LogP contribution is 2.24. The van der Waals surface area contributed by atoms with Gasteiger partial charge in [-0.2, -0.15) is 0 Å². The monoisotopic (exact) mass is 168 g/mol. The zero-order valence-corrected chi connectivity index (χ0v) is 8.05. The van der Waals surface area contributed by atoms with Crippen LogP contribution in [0.25, 0.3) is 0 Å². The summed E-state index contributed by atoms with van der Waals surface area (Å²) in [6.45, 7) is 7.53. The van der Waals surface area contributed by atoms with E-state index in [9.17, 15) is 0 Å². The Morgan fingerprint density at radius 1 is 1.42 bits per heavy atom. The molecule has 0 bridgehead atoms. The zero-order valence-electron chi connectivity index (χ0n) is 8.05. The number of hydrogen-bond donors (Lipinski definition) is 1. The number of nitrogens with zero attached hydrogens (tertiary/aromatic N) is 1. The summed E-state index contributed by atoms with van der Waals surface area (Å²) in [6.07, 6.45) is 4.12. The smallest absolute Gasteiger partial charge is 0.0235 e. The third-order valence-corrected chi connectivity index (χ3v) is 3.27. The molecular formula is C10H20N2. The second kappa shape index (κ2) is 3.75. The number of hydrogen-bond acceptors (Lipinski definition) is 2. The summed E-state index contributed by atoms with van der Waals surface area (Å²) in [4.78, 5) is 2.63. The lowest BCUT2D eigenvalue weighted by Gasteiger charge is -2.15. The first-order chi connectivity index (χ1) is 5.90. The fraction of sp³-hybridized carbons (Fsp3) is 1.00. The molecule has 2 heteroatoms. The maximum Gasteiger partial charge on any atom is 0.0235 e. The summed E-state index contributed by atoms with van der Waals surface area (Å²) in [5.74, 6) is 0.974. The van der Waals surface area contributed by atoms with Crippen LogP contribution in [0.3, 0.4) is 0 Å². The Labute approximate surface area is 75.3 Å². The lowest BCUT2D eigenvalue weighted by Crippen LogP contribution is -2.30. The molecule has 2 rings (SSSR count). The van der Waals surface area contributed by atoms with Crippen LogP contribution in [0.1, 0.15) is 26.2 Å². The molecule has 2 atom stereocenters. The molecule has 0 spiro atoms. The van der Waals surface area contributed by atoms with Crippen molar-refractivity contribution in [1.29, 1.82) is 0 Å². The molecule has 0 radical (unpaired) electrons. The summed E-state index contributed by atoms with van der Waals surface area (Å²) < 4.78 is 0. The van der Waals surface area contributed by atoms with E-state index in [0.29, 0.717) is 0 Å². The summed E-state index contributed by atoms with van der Waals surface area (Å²) in [6, 6.07) is 0.835. The first-order valence-corrected chi connectivity index (χ1v) is 5.36. The van der Waals surface area contributed by atoms with Crippen molar-refractivity contribution in [3.63, 3.8) is 0 Å². The number of unbranched alkanes of at least 4 members (excludes halogenated alkanes) is 1. The van der Waals surface area contributed by atoms with Crippen LogP contribution in [0.2, 0.25) is 0 Å². The Morgan fingerprint density at radius 2 is 2.33 bits per heavy atom. The van der Waals surface area contributed by atoms with Crippen LogP contribution in [-0.2, 0) is 0 Å². The molecule has 2 aliphatic rings. The minimum absolute atomic E-state index is 0.835. The van der Waals surface area contributed by atoms with Gasteiger partial charge in [-0.05, 0) is 31.8 Å². The molecule has 70 valence electrons. The Bertz CT molecular complexity index is 135. The van der Waals surface area contributed by atoms with Crippen molar-refractivity contribution < 1.29 is 0 Å². The van der Waals surface area contributed by atoms with E-state index in [1.807, 2.05) is 0 Å². The number of rotatable bonds is 3. The highest BCUT2D eigenvalue weighted by Gasteiger charge is 2.35. The van der Waals surface area contributed by atoms with Crippen molar-refractivity contribution >= 4 is 0 Å². The van der Waals surface area contributed by atoms with E-state index in [1.165, 1.54) is 45.4 Å². The first-order valence-electron chi connectivity index (χ1n) is 5.36. The van der Waals surface area contributed by atoms with Gasteiger partial charge in [-0.3, -0.25) is 0 Å². The third-order valence-electron chi connectivity index (χ3n) is 3.27. The van der Waals surface area contributed by atoms with Gasteiger partial charge in [0.15, 0.2) is 0 Å². The highest BCUT2D eigenvalue weighted by atomic mass is 15.2. The molecular weight excluding hydrogens is 148 g/mol. The van der Waals surface area contributed by atoms with Crippen LogP contribution in [0.4, 0.5) is 0 Å². The van der Waals surface area contributed by atoms with Gasteiger partial charge in [0.25, 0.3) is 0 Å². The van der Waals surface area contributed by atoms with E-state index >= 15 is 0 Å². The third kappa shape index (κ3) is 1.64. The molecule has 2 aliphatic heterocycles. The van der Waals surface area contributed by atoms with Gasteiger partial charge >= 0.3 is 0 Å². The predicted molar refractivity (Wildman–Crippen MR) is 51.2 cm³/mol. The maximum atomic E-state index is 3.58. The minimum atomic E-state index is 0.835. The first kappa shape index (κ1) is 8.52. The number of nitrogens with one attached hydrogen (secondary N) is 1. The lowest BCUT2D eigenvalue weighted by atomic mass is 10.1. The van der Waals surface area contributed by atoms with Crippen LogP contribution in [0.15, 0.2) is 0 Å². The molecule has 12 heavy (non-hydrogen) atoms. The van der Waals surface area contributed by atoms with E-state index in [0.717, 1.165) is 12.0 Å². The van der Waals surface area contributed by atoms with Crippen molar-refractivity contribution in [3.8, 4) is 0 Å². The summed E-state index contributed by atoms with van der Waals surface area (Å²) >= 11 is 0. The highest BCUT2D eigenvalue weighted by molar-refractivity contribution is 4.93. The quantitative estimate of drug-likeness (QED) is 0.678. The number of likely N-dealkylation sites (tertiary alicyclic amines) is 1. The van der Waals surface area contributed by atoms with Crippen molar-refractivity contribution in [1.82, 2.24) is 10.2 Å². The van der Waals surface area contributed by atoms with E-state index in [1.54, 1.807) is 0 Å². The molecule has 0 aromatic rings. The molecule has 0 aromatic carbocycles. The van der Waals surface area contributed by atoms with Gasteiger partial charge in [0.05, 0.1) is 0 Å². The van der Waals surface area contributed by atoms with Gasteiger partial charge in [-0.1, -0.05) is 13.3 Å². The summed E-state index contributed by atoms with van der Waals surface area (Å²) in [7, 11) is 0. The average Bonchev–Trinajstić information content (AvgIpc) is 2.58. The minimum Gasteiger partial charge on any atom is -0.312 e. The molecule has 2 saturated heterocycles. The lowest BCUT2D eigenvalue weighted by molar-refractivity contribution is 0.309. The molecule has 2 fully saturated rings. The largest absolute Gasteiger partial charge is 0.312 e. The van der Waals surface area contributed by atoms with Gasteiger partial charge in [0.1, 0.15) is 0 Å². The molecule has 2 heterocycles. The molecule has 0 saturated carbocycles. The van der Waals surface area contributed by atoms with Gasteiger partial charge in [0.2, 0.25) is 0 Å². The van der Waals surface area contributed by atoms with Crippen molar-refractivity contribution in [2.45, 2.75) is 32.2 Å². The molecule has 0 amide bonds. The van der Waals surface area contributed by atoms with E-state index in [-0.39, 0.29) is 0 Å². The van der Waals surface area contributed by atoms with Crippen LogP contribution < -0.4 is 5.32 Å². The fourth-order valence-corrected chi connectivity index (χ4v) is 2.50. The average molecular weight is 168 g/mol.